The summed E-state index contributed by atoms with van der Waals surface area (Å²) in [5, 5.41) is 20.5. The van der Waals surface area contributed by atoms with Gasteiger partial charge in [0.1, 0.15) is 0 Å². The molecule has 0 aromatic carbocycles. The zero-order chi connectivity index (χ0) is 13.9. The Morgan fingerprint density at radius 1 is 1.44 bits per heavy atom. The van der Waals surface area contributed by atoms with E-state index in [1.807, 2.05) is 13.8 Å². The van der Waals surface area contributed by atoms with E-state index < -0.39 is 29.7 Å². The first-order chi connectivity index (χ1) is 8.23. The molecule has 1 aliphatic heterocycles. The summed E-state index contributed by atoms with van der Waals surface area (Å²) in [6, 6.07) is -1.80. The summed E-state index contributed by atoms with van der Waals surface area (Å²) < 4.78 is 5.46. The number of rotatable bonds is 3. The highest BCUT2D eigenvalue weighted by Gasteiger charge is 2.32. The van der Waals surface area contributed by atoms with Crippen LogP contribution in [0.5, 0.6) is 0 Å². The molecule has 2 atom stereocenters. The van der Waals surface area contributed by atoms with Gasteiger partial charge in [0.25, 0.3) is 0 Å². The Balaban J connectivity index is 2.61. The molecule has 0 saturated carbocycles. The molecule has 0 spiro atoms. The number of ether oxygens (including phenoxy) is 1. The van der Waals surface area contributed by atoms with Crippen LogP contribution in [0.15, 0.2) is 0 Å². The van der Waals surface area contributed by atoms with Crippen molar-refractivity contribution in [3.05, 3.63) is 0 Å². The summed E-state index contributed by atoms with van der Waals surface area (Å²) in [6.45, 7) is 6.23. The summed E-state index contributed by atoms with van der Waals surface area (Å²) >= 11 is 0. The molecular formula is C11H20N2O5. The second kappa shape index (κ2) is 5.53. The maximum Gasteiger partial charge on any atom is 0.328 e. The lowest BCUT2D eigenvalue weighted by atomic mass is 10.1. The molecule has 2 unspecified atom stereocenters. The number of carbonyl (C=O) groups excluding carboxylic acids is 1. The number of aliphatic hydroxyl groups excluding tert-OH is 1. The van der Waals surface area contributed by atoms with Gasteiger partial charge in [-0.05, 0) is 20.8 Å². The highest BCUT2D eigenvalue weighted by Crippen LogP contribution is 2.16. The topological polar surface area (TPSA) is 99.1 Å². The maximum atomic E-state index is 11.9. The Labute approximate surface area is 106 Å². The minimum Gasteiger partial charge on any atom is -0.480 e. The molecule has 0 aromatic heterocycles. The Kier molecular flexibility index (Phi) is 4.53. The van der Waals surface area contributed by atoms with Gasteiger partial charge in [0.2, 0.25) is 0 Å². The van der Waals surface area contributed by atoms with E-state index >= 15 is 0 Å². The number of carboxylic acids is 1. The lowest BCUT2D eigenvalue weighted by Gasteiger charge is -2.38. The van der Waals surface area contributed by atoms with Gasteiger partial charge in [0.05, 0.1) is 24.9 Å². The zero-order valence-electron chi connectivity index (χ0n) is 10.8. The molecule has 1 aliphatic rings. The standard InChI is InChI=1S/C11H20N2O5/c1-7(14)8(9(15)16)12-10(17)13-4-5-18-11(2,3)6-13/h7-8,14H,4-6H2,1-3H3,(H,12,17)(H,15,16). The first-order valence-electron chi connectivity index (χ1n) is 5.83. The second-order valence-corrected chi connectivity index (χ2v) is 5.04. The number of hydrogen-bond acceptors (Lipinski definition) is 4. The number of urea groups is 1. The van der Waals surface area contributed by atoms with Crippen LogP contribution in [-0.2, 0) is 9.53 Å². The summed E-state index contributed by atoms with van der Waals surface area (Å²) in [5.74, 6) is -1.26. The van der Waals surface area contributed by atoms with Gasteiger partial charge in [-0.25, -0.2) is 9.59 Å². The number of aliphatic hydroxyl groups is 1. The minimum atomic E-state index is -1.30. The predicted octanol–water partition coefficient (Wildman–Crippen LogP) is -0.359. The van der Waals surface area contributed by atoms with Crippen LogP contribution in [0.2, 0.25) is 0 Å². The van der Waals surface area contributed by atoms with Crippen LogP contribution in [0.4, 0.5) is 4.79 Å². The van der Waals surface area contributed by atoms with Crippen molar-refractivity contribution in [1.29, 1.82) is 0 Å². The minimum absolute atomic E-state index is 0.380. The molecule has 18 heavy (non-hydrogen) atoms. The molecule has 7 nitrogen and oxygen atoms in total. The second-order valence-electron chi connectivity index (χ2n) is 5.04. The summed E-state index contributed by atoms with van der Waals surface area (Å²) in [5.41, 5.74) is -0.445. The molecule has 1 rings (SSSR count). The fourth-order valence-electron chi connectivity index (χ4n) is 1.80. The monoisotopic (exact) mass is 260 g/mol. The normalized spacial score (nSPS) is 22.1. The Morgan fingerprint density at radius 3 is 2.50 bits per heavy atom. The van der Waals surface area contributed by atoms with E-state index in [2.05, 4.69) is 5.32 Å². The number of nitrogens with one attached hydrogen (secondary N) is 1. The number of nitrogens with zero attached hydrogens (tertiary/aromatic N) is 1. The molecule has 0 aromatic rings. The first kappa shape index (κ1) is 14.7. The van der Waals surface area contributed by atoms with Gasteiger partial charge in [-0.1, -0.05) is 0 Å². The third-order valence-electron chi connectivity index (χ3n) is 2.74. The number of hydrogen-bond donors (Lipinski definition) is 3. The molecule has 104 valence electrons. The van der Waals surface area contributed by atoms with Crippen molar-refractivity contribution < 1.29 is 24.5 Å². The fourth-order valence-corrected chi connectivity index (χ4v) is 1.80. The van der Waals surface area contributed by atoms with Crippen LogP contribution in [0, 0.1) is 0 Å². The van der Waals surface area contributed by atoms with E-state index in [-0.39, 0.29) is 0 Å². The van der Waals surface area contributed by atoms with E-state index in [0.29, 0.717) is 19.7 Å². The molecule has 0 aliphatic carbocycles. The van der Waals surface area contributed by atoms with Gasteiger partial charge >= 0.3 is 12.0 Å². The molecule has 2 amide bonds. The van der Waals surface area contributed by atoms with Crippen molar-refractivity contribution in [2.75, 3.05) is 19.7 Å². The molecule has 0 bridgehead atoms. The molecular weight excluding hydrogens is 240 g/mol. The van der Waals surface area contributed by atoms with Crippen molar-refractivity contribution in [2.45, 2.75) is 38.5 Å². The highest BCUT2D eigenvalue weighted by atomic mass is 16.5. The number of carbonyl (C=O) groups is 2. The number of morpholine rings is 1. The smallest absolute Gasteiger partial charge is 0.328 e. The molecule has 0 radical (unpaired) electrons. The zero-order valence-corrected chi connectivity index (χ0v) is 10.8. The summed E-state index contributed by atoms with van der Waals surface area (Å²) in [4.78, 5) is 24.2. The van der Waals surface area contributed by atoms with E-state index in [1.54, 1.807) is 0 Å². The van der Waals surface area contributed by atoms with Gasteiger partial charge in [0.15, 0.2) is 6.04 Å². The highest BCUT2D eigenvalue weighted by molar-refractivity contribution is 5.83. The van der Waals surface area contributed by atoms with Gasteiger partial charge in [0, 0.05) is 6.54 Å². The SMILES string of the molecule is CC(O)C(NC(=O)N1CCOC(C)(C)C1)C(=O)O. The van der Waals surface area contributed by atoms with Crippen LogP contribution >= 0.6 is 0 Å². The van der Waals surface area contributed by atoms with E-state index in [4.69, 9.17) is 9.84 Å². The molecule has 7 heteroatoms. The largest absolute Gasteiger partial charge is 0.480 e. The van der Waals surface area contributed by atoms with Gasteiger partial charge < -0.3 is 25.2 Å². The van der Waals surface area contributed by atoms with Gasteiger partial charge in [-0.3, -0.25) is 0 Å². The van der Waals surface area contributed by atoms with Crippen molar-refractivity contribution in [3.63, 3.8) is 0 Å². The Bertz CT molecular complexity index is 329. The summed E-state index contributed by atoms with van der Waals surface area (Å²) in [7, 11) is 0. The number of carboxylic acid groups (broad SMARTS) is 1. The van der Waals surface area contributed by atoms with Crippen LogP contribution in [-0.4, -0.2) is 64.6 Å². The van der Waals surface area contributed by atoms with Crippen molar-refractivity contribution >= 4 is 12.0 Å². The summed E-state index contributed by atoms with van der Waals surface area (Å²) in [6.07, 6.45) is -1.15. The average molecular weight is 260 g/mol. The van der Waals surface area contributed by atoms with Gasteiger partial charge in [-0.2, -0.15) is 0 Å². The average Bonchev–Trinajstić information content (AvgIpc) is 2.23. The number of amides is 2. The van der Waals surface area contributed by atoms with E-state index in [9.17, 15) is 14.7 Å². The Hall–Kier alpha value is -1.34. The van der Waals surface area contributed by atoms with Crippen molar-refractivity contribution in [1.82, 2.24) is 10.2 Å². The third kappa shape index (κ3) is 3.85. The number of aliphatic carboxylic acids is 1. The van der Waals surface area contributed by atoms with E-state index in [0.717, 1.165) is 0 Å². The van der Waals surface area contributed by atoms with Crippen LogP contribution in [0.25, 0.3) is 0 Å². The fraction of sp³-hybridized carbons (Fsp3) is 0.818. The van der Waals surface area contributed by atoms with Crippen LogP contribution < -0.4 is 5.32 Å². The molecule has 3 N–H and O–H groups in total. The van der Waals surface area contributed by atoms with Crippen LogP contribution in [0.1, 0.15) is 20.8 Å². The lowest BCUT2D eigenvalue weighted by Crippen LogP contribution is -2.57. The lowest BCUT2D eigenvalue weighted by molar-refractivity contribution is -0.141. The molecule has 1 heterocycles. The third-order valence-corrected chi connectivity index (χ3v) is 2.74. The van der Waals surface area contributed by atoms with Crippen molar-refractivity contribution in [2.24, 2.45) is 0 Å². The Morgan fingerprint density at radius 2 is 2.06 bits per heavy atom. The van der Waals surface area contributed by atoms with Gasteiger partial charge in [-0.15, -0.1) is 0 Å². The quantitative estimate of drug-likeness (QED) is 0.643. The predicted molar refractivity (Wildman–Crippen MR) is 63.2 cm³/mol. The maximum absolute atomic E-state index is 11.9. The molecule has 1 fully saturated rings. The van der Waals surface area contributed by atoms with E-state index in [1.165, 1.54) is 11.8 Å². The molecule has 1 saturated heterocycles. The van der Waals surface area contributed by atoms with Crippen molar-refractivity contribution in [3.8, 4) is 0 Å². The van der Waals surface area contributed by atoms with Crippen LogP contribution in [0.3, 0.4) is 0 Å². The first-order valence-corrected chi connectivity index (χ1v) is 5.83.